The van der Waals surface area contributed by atoms with Crippen LogP contribution < -0.4 is 5.32 Å². The Balaban J connectivity index is 1.95. The highest BCUT2D eigenvalue weighted by Crippen LogP contribution is 2.17. The van der Waals surface area contributed by atoms with E-state index in [1.54, 1.807) is 12.3 Å². The minimum atomic E-state index is -0.192. The Morgan fingerprint density at radius 1 is 1.39 bits per heavy atom. The van der Waals surface area contributed by atoms with Gasteiger partial charge in [0.05, 0.1) is 4.47 Å². The molecule has 0 aliphatic rings. The van der Waals surface area contributed by atoms with Crippen LogP contribution in [0.4, 0.5) is 10.2 Å². The Hall–Kier alpha value is -1.49. The third-order valence-corrected chi connectivity index (χ3v) is 3.24. The van der Waals surface area contributed by atoms with Gasteiger partial charge in [0, 0.05) is 12.7 Å². The van der Waals surface area contributed by atoms with Gasteiger partial charge in [0.25, 0.3) is 0 Å². The predicted molar refractivity (Wildman–Crippen MR) is 73.1 cm³/mol. The number of aromatic nitrogens is 2. The Labute approximate surface area is 114 Å². The third-order valence-electron chi connectivity index (χ3n) is 2.66. The molecule has 0 spiro atoms. The van der Waals surface area contributed by atoms with E-state index in [-0.39, 0.29) is 5.82 Å². The van der Waals surface area contributed by atoms with Crippen molar-refractivity contribution in [3.05, 3.63) is 52.1 Å². The zero-order valence-corrected chi connectivity index (χ0v) is 11.5. The summed E-state index contributed by atoms with van der Waals surface area (Å²) >= 11 is 3.37. The summed E-state index contributed by atoms with van der Waals surface area (Å²) in [6.07, 6.45) is 4.01. The summed E-state index contributed by atoms with van der Waals surface area (Å²) in [5.74, 6) is 0.576. The molecule has 0 bridgehead atoms. The van der Waals surface area contributed by atoms with Crippen molar-refractivity contribution < 1.29 is 4.39 Å². The smallest absolute Gasteiger partial charge is 0.143 e. The Kier molecular flexibility index (Phi) is 4.25. The lowest BCUT2D eigenvalue weighted by atomic mass is 10.1. The number of anilines is 1. The summed E-state index contributed by atoms with van der Waals surface area (Å²) in [7, 11) is 0. The summed E-state index contributed by atoms with van der Waals surface area (Å²) in [4.78, 5) is 8.01. The second-order valence-electron chi connectivity index (χ2n) is 3.97. The maximum atomic E-state index is 12.9. The molecule has 1 N–H and O–H groups in total. The number of nitrogens with zero attached hydrogens (tertiary/aromatic N) is 2. The molecule has 2 aromatic rings. The molecule has 0 fully saturated rings. The molecule has 0 unspecified atom stereocenters. The van der Waals surface area contributed by atoms with Crippen molar-refractivity contribution in [1.82, 2.24) is 9.97 Å². The topological polar surface area (TPSA) is 37.8 Å². The van der Waals surface area contributed by atoms with E-state index < -0.39 is 0 Å². The summed E-state index contributed by atoms with van der Waals surface area (Å²) in [5.41, 5.74) is 2.10. The predicted octanol–water partition coefficient (Wildman–Crippen LogP) is 3.34. The van der Waals surface area contributed by atoms with Crippen LogP contribution in [0.1, 0.15) is 11.1 Å². The van der Waals surface area contributed by atoms with Gasteiger partial charge in [-0.05, 0) is 52.5 Å². The maximum absolute atomic E-state index is 12.9. The second kappa shape index (κ2) is 5.91. The van der Waals surface area contributed by atoms with Crippen LogP contribution in [0.25, 0.3) is 0 Å². The zero-order valence-electron chi connectivity index (χ0n) is 9.95. The SMILES string of the molecule is Cc1cc(F)ccc1CCNc1ncncc1Br. The number of hydrogen-bond acceptors (Lipinski definition) is 3. The summed E-state index contributed by atoms with van der Waals surface area (Å²) < 4.78 is 13.8. The number of rotatable bonds is 4. The molecule has 2 rings (SSSR count). The lowest BCUT2D eigenvalue weighted by Gasteiger charge is -2.08. The third kappa shape index (κ3) is 3.26. The normalized spacial score (nSPS) is 10.4. The fourth-order valence-electron chi connectivity index (χ4n) is 1.70. The molecule has 5 heteroatoms. The van der Waals surface area contributed by atoms with Crippen molar-refractivity contribution in [3.63, 3.8) is 0 Å². The van der Waals surface area contributed by atoms with Gasteiger partial charge in [-0.15, -0.1) is 0 Å². The van der Waals surface area contributed by atoms with Gasteiger partial charge in [-0.3, -0.25) is 0 Å². The van der Waals surface area contributed by atoms with Gasteiger partial charge in [-0.25, -0.2) is 14.4 Å². The molecule has 0 aliphatic carbocycles. The first-order valence-electron chi connectivity index (χ1n) is 5.61. The van der Waals surface area contributed by atoms with E-state index in [0.29, 0.717) is 0 Å². The lowest BCUT2D eigenvalue weighted by molar-refractivity contribution is 0.625. The minimum Gasteiger partial charge on any atom is -0.369 e. The van der Waals surface area contributed by atoms with Crippen molar-refractivity contribution in [2.45, 2.75) is 13.3 Å². The molecule has 0 saturated heterocycles. The van der Waals surface area contributed by atoms with Gasteiger partial charge < -0.3 is 5.32 Å². The van der Waals surface area contributed by atoms with E-state index >= 15 is 0 Å². The summed E-state index contributed by atoms with van der Waals surface area (Å²) in [6, 6.07) is 4.86. The number of nitrogens with one attached hydrogen (secondary N) is 1. The van der Waals surface area contributed by atoms with E-state index in [1.165, 1.54) is 12.4 Å². The highest BCUT2D eigenvalue weighted by molar-refractivity contribution is 9.10. The van der Waals surface area contributed by atoms with Gasteiger partial charge >= 0.3 is 0 Å². The number of halogens is 2. The Morgan fingerprint density at radius 2 is 2.22 bits per heavy atom. The Bertz CT molecular complexity index is 546. The molecule has 1 aromatic carbocycles. The highest BCUT2D eigenvalue weighted by atomic mass is 79.9. The van der Waals surface area contributed by atoms with Crippen LogP contribution in [0.5, 0.6) is 0 Å². The van der Waals surface area contributed by atoms with Crippen LogP contribution in [0, 0.1) is 12.7 Å². The van der Waals surface area contributed by atoms with Crippen molar-refractivity contribution in [2.24, 2.45) is 0 Å². The van der Waals surface area contributed by atoms with Crippen LogP contribution in [0.3, 0.4) is 0 Å². The minimum absolute atomic E-state index is 0.192. The van der Waals surface area contributed by atoms with Gasteiger partial charge in [0.15, 0.2) is 0 Å². The molecule has 3 nitrogen and oxygen atoms in total. The number of hydrogen-bond donors (Lipinski definition) is 1. The first kappa shape index (κ1) is 13.0. The average Bonchev–Trinajstić information content (AvgIpc) is 2.34. The van der Waals surface area contributed by atoms with Crippen molar-refractivity contribution >= 4 is 21.7 Å². The van der Waals surface area contributed by atoms with Gasteiger partial charge in [-0.2, -0.15) is 0 Å². The molecule has 18 heavy (non-hydrogen) atoms. The zero-order chi connectivity index (χ0) is 13.0. The summed E-state index contributed by atoms with van der Waals surface area (Å²) in [5, 5.41) is 3.21. The average molecular weight is 310 g/mol. The first-order valence-corrected chi connectivity index (χ1v) is 6.40. The van der Waals surface area contributed by atoms with E-state index in [4.69, 9.17) is 0 Å². The van der Waals surface area contributed by atoms with E-state index in [2.05, 4.69) is 31.2 Å². The van der Waals surface area contributed by atoms with Crippen molar-refractivity contribution in [3.8, 4) is 0 Å². The molecule has 0 amide bonds. The van der Waals surface area contributed by atoms with Crippen molar-refractivity contribution in [1.29, 1.82) is 0 Å². The lowest BCUT2D eigenvalue weighted by Crippen LogP contribution is -2.08. The van der Waals surface area contributed by atoms with Crippen LogP contribution in [-0.2, 0) is 6.42 Å². The van der Waals surface area contributed by atoms with E-state index in [0.717, 1.165) is 34.4 Å². The number of benzene rings is 1. The summed E-state index contributed by atoms with van der Waals surface area (Å²) in [6.45, 7) is 2.65. The molecule has 1 heterocycles. The fourth-order valence-corrected chi connectivity index (χ4v) is 2.06. The van der Waals surface area contributed by atoms with E-state index in [9.17, 15) is 4.39 Å². The van der Waals surface area contributed by atoms with Crippen molar-refractivity contribution in [2.75, 3.05) is 11.9 Å². The number of aryl methyl sites for hydroxylation is 1. The standard InChI is InChI=1S/C13H13BrFN3/c1-9-6-11(15)3-2-10(9)4-5-17-13-12(14)7-16-8-18-13/h2-3,6-8H,4-5H2,1H3,(H,16,17,18). The molecular formula is C13H13BrFN3. The van der Waals surface area contributed by atoms with Crippen LogP contribution >= 0.6 is 15.9 Å². The molecule has 0 saturated carbocycles. The van der Waals surface area contributed by atoms with Crippen LogP contribution in [0.15, 0.2) is 35.2 Å². The highest BCUT2D eigenvalue weighted by Gasteiger charge is 2.02. The molecule has 0 aliphatic heterocycles. The molecule has 0 atom stereocenters. The van der Waals surface area contributed by atoms with Gasteiger partial charge in [0.1, 0.15) is 18.0 Å². The fraction of sp³-hybridized carbons (Fsp3) is 0.231. The Morgan fingerprint density at radius 3 is 2.94 bits per heavy atom. The largest absolute Gasteiger partial charge is 0.369 e. The van der Waals surface area contributed by atoms with Gasteiger partial charge in [-0.1, -0.05) is 6.07 Å². The quantitative estimate of drug-likeness (QED) is 0.941. The maximum Gasteiger partial charge on any atom is 0.143 e. The second-order valence-corrected chi connectivity index (χ2v) is 4.82. The van der Waals surface area contributed by atoms with Crippen LogP contribution in [0.2, 0.25) is 0 Å². The molecule has 0 radical (unpaired) electrons. The van der Waals surface area contributed by atoms with E-state index in [1.807, 2.05) is 13.0 Å². The molecular weight excluding hydrogens is 297 g/mol. The first-order chi connectivity index (χ1) is 8.66. The monoisotopic (exact) mass is 309 g/mol. The van der Waals surface area contributed by atoms with Crippen LogP contribution in [-0.4, -0.2) is 16.5 Å². The molecule has 1 aromatic heterocycles. The van der Waals surface area contributed by atoms with Gasteiger partial charge in [0.2, 0.25) is 0 Å². The molecule has 94 valence electrons.